The minimum atomic E-state index is -1.82. The first kappa shape index (κ1) is 19.5. The van der Waals surface area contributed by atoms with Crippen molar-refractivity contribution in [2.75, 3.05) is 38.5 Å². The van der Waals surface area contributed by atoms with Crippen molar-refractivity contribution in [3.05, 3.63) is 29.8 Å². The minimum Gasteiger partial charge on any atom is -0.473 e. The van der Waals surface area contributed by atoms with Crippen LogP contribution < -0.4 is 5.32 Å². The second-order valence-corrected chi connectivity index (χ2v) is 6.39. The van der Waals surface area contributed by atoms with E-state index in [9.17, 15) is 0 Å². The molecule has 3 N–H and O–H groups in total. The number of nitrogens with one attached hydrogen (secondary N) is 1. The summed E-state index contributed by atoms with van der Waals surface area (Å²) < 4.78 is 0. The molecular weight excluding hydrogens is 316 g/mol. The summed E-state index contributed by atoms with van der Waals surface area (Å²) in [6.07, 6.45) is 1.29. The van der Waals surface area contributed by atoms with Crippen molar-refractivity contribution in [3.8, 4) is 0 Å². The highest BCUT2D eigenvalue weighted by atomic mass is 32.2. The summed E-state index contributed by atoms with van der Waals surface area (Å²) in [4.78, 5) is 22.2. The van der Waals surface area contributed by atoms with Gasteiger partial charge < -0.3 is 20.4 Å². The molecular formula is C16H24N2O4S. The number of carboxylic acids is 2. The van der Waals surface area contributed by atoms with Crippen molar-refractivity contribution < 1.29 is 19.8 Å². The van der Waals surface area contributed by atoms with Crippen molar-refractivity contribution in [1.29, 1.82) is 0 Å². The van der Waals surface area contributed by atoms with Gasteiger partial charge in [0.1, 0.15) is 0 Å². The van der Waals surface area contributed by atoms with Crippen LogP contribution in [-0.2, 0) is 9.59 Å². The molecule has 6 nitrogen and oxygen atoms in total. The molecule has 1 fully saturated rings. The maximum Gasteiger partial charge on any atom is 0.414 e. The Morgan fingerprint density at radius 1 is 1.13 bits per heavy atom. The SMILES string of the molecule is Cc1ccc(SCCCN2CCNCC2)cc1.O=C(O)C(=O)O. The van der Waals surface area contributed by atoms with E-state index >= 15 is 0 Å². The van der Waals surface area contributed by atoms with E-state index in [-0.39, 0.29) is 0 Å². The quantitative estimate of drug-likeness (QED) is 0.425. The average Bonchev–Trinajstić information content (AvgIpc) is 2.55. The van der Waals surface area contributed by atoms with E-state index in [2.05, 4.69) is 41.4 Å². The van der Waals surface area contributed by atoms with Crippen molar-refractivity contribution in [3.63, 3.8) is 0 Å². The topological polar surface area (TPSA) is 89.9 Å². The van der Waals surface area contributed by atoms with Crippen molar-refractivity contribution >= 4 is 23.7 Å². The fourth-order valence-electron chi connectivity index (χ4n) is 2.05. The van der Waals surface area contributed by atoms with Crippen molar-refractivity contribution in [2.24, 2.45) is 0 Å². The maximum atomic E-state index is 9.10. The lowest BCUT2D eigenvalue weighted by molar-refractivity contribution is -0.159. The lowest BCUT2D eigenvalue weighted by Crippen LogP contribution is -2.43. The van der Waals surface area contributed by atoms with Crippen LogP contribution in [0.2, 0.25) is 0 Å². The van der Waals surface area contributed by atoms with E-state index in [1.54, 1.807) is 0 Å². The molecule has 0 amide bonds. The van der Waals surface area contributed by atoms with Gasteiger partial charge in [-0.05, 0) is 37.8 Å². The predicted molar refractivity (Wildman–Crippen MR) is 91.1 cm³/mol. The molecule has 0 aromatic heterocycles. The minimum absolute atomic E-state index is 1.16. The van der Waals surface area contributed by atoms with E-state index in [4.69, 9.17) is 19.8 Å². The Labute approximate surface area is 140 Å². The fourth-order valence-corrected chi connectivity index (χ4v) is 2.89. The van der Waals surface area contributed by atoms with Gasteiger partial charge in [0.25, 0.3) is 0 Å². The molecule has 23 heavy (non-hydrogen) atoms. The number of benzene rings is 1. The van der Waals surface area contributed by atoms with Crippen LogP contribution in [0.1, 0.15) is 12.0 Å². The van der Waals surface area contributed by atoms with Crippen LogP contribution in [0.5, 0.6) is 0 Å². The Balaban J connectivity index is 0.000000379. The van der Waals surface area contributed by atoms with E-state index in [1.807, 2.05) is 11.8 Å². The molecule has 1 aliphatic rings. The third kappa shape index (κ3) is 9.22. The molecule has 1 aliphatic heterocycles. The monoisotopic (exact) mass is 340 g/mol. The molecule has 0 unspecified atom stereocenters. The van der Waals surface area contributed by atoms with E-state index in [0.29, 0.717) is 0 Å². The van der Waals surface area contributed by atoms with Crippen LogP contribution in [0.25, 0.3) is 0 Å². The normalized spacial score (nSPS) is 14.7. The number of hydrogen-bond acceptors (Lipinski definition) is 5. The first-order valence-electron chi connectivity index (χ1n) is 7.58. The number of thioether (sulfide) groups is 1. The van der Waals surface area contributed by atoms with Gasteiger partial charge in [-0.3, -0.25) is 0 Å². The Morgan fingerprint density at radius 3 is 2.22 bits per heavy atom. The number of aliphatic carboxylic acids is 2. The van der Waals surface area contributed by atoms with Crippen molar-refractivity contribution in [1.82, 2.24) is 10.2 Å². The van der Waals surface area contributed by atoms with Crippen LogP contribution in [0.4, 0.5) is 0 Å². The second kappa shape index (κ2) is 11.0. The van der Waals surface area contributed by atoms with E-state index < -0.39 is 11.9 Å². The molecule has 0 aliphatic carbocycles. The number of carboxylic acid groups (broad SMARTS) is 2. The lowest BCUT2D eigenvalue weighted by Gasteiger charge is -2.26. The highest BCUT2D eigenvalue weighted by Crippen LogP contribution is 2.19. The van der Waals surface area contributed by atoms with Gasteiger partial charge >= 0.3 is 11.9 Å². The van der Waals surface area contributed by atoms with Crippen LogP contribution >= 0.6 is 11.8 Å². The molecule has 0 bridgehead atoms. The zero-order valence-electron chi connectivity index (χ0n) is 13.3. The molecule has 1 aromatic rings. The molecule has 0 spiro atoms. The summed E-state index contributed by atoms with van der Waals surface area (Å²) >= 11 is 1.98. The number of aryl methyl sites for hydroxylation is 1. The van der Waals surface area contributed by atoms with Crippen molar-refractivity contribution in [2.45, 2.75) is 18.2 Å². The molecule has 128 valence electrons. The highest BCUT2D eigenvalue weighted by molar-refractivity contribution is 7.99. The van der Waals surface area contributed by atoms with Crippen LogP contribution in [0.3, 0.4) is 0 Å². The summed E-state index contributed by atoms with van der Waals surface area (Å²) in [6, 6.07) is 8.84. The molecule has 1 heterocycles. The zero-order chi connectivity index (χ0) is 17.1. The summed E-state index contributed by atoms with van der Waals surface area (Å²) in [7, 11) is 0. The lowest BCUT2D eigenvalue weighted by atomic mass is 10.2. The Hall–Kier alpha value is -1.57. The summed E-state index contributed by atoms with van der Waals surface area (Å²) in [5.41, 5.74) is 1.34. The molecule has 0 radical (unpaired) electrons. The van der Waals surface area contributed by atoms with E-state index in [1.165, 1.54) is 42.3 Å². The zero-order valence-corrected chi connectivity index (χ0v) is 14.1. The summed E-state index contributed by atoms with van der Waals surface area (Å²) in [5.74, 6) is -2.42. The van der Waals surface area contributed by atoms with Gasteiger partial charge in [0, 0.05) is 31.1 Å². The Morgan fingerprint density at radius 2 is 1.70 bits per heavy atom. The Bertz CT molecular complexity index is 475. The number of nitrogens with zero attached hydrogens (tertiary/aromatic N) is 1. The van der Waals surface area contributed by atoms with Gasteiger partial charge in [-0.2, -0.15) is 0 Å². The van der Waals surface area contributed by atoms with E-state index in [0.717, 1.165) is 13.1 Å². The number of carbonyl (C=O) groups is 2. The molecule has 1 saturated heterocycles. The van der Waals surface area contributed by atoms with Crippen LogP contribution in [0, 0.1) is 6.92 Å². The highest BCUT2D eigenvalue weighted by Gasteiger charge is 2.08. The average molecular weight is 340 g/mol. The smallest absolute Gasteiger partial charge is 0.414 e. The van der Waals surface area contributed by atoms with Gasteiger partial charge in [0.2, 0.25) is 0 Å². The summed E-state index contributed by atoms with van der Waals surface area (Å²) in [6.45, 7) is 8.14. The number of hydrogen-bond donors (Lipinski definition) is 3. The first-order chi connectivity index (χ1) is 11.0. The molecule has 0 atom stereocenters. The third-order valence-corrected chi connectivity index (χ3v) is 4.40. The second-order valence-electron chi connectivity index (χ2n) is 5.22. The standard InChI is InChI=1S/C14H22N2S.C2H2O4/c1-13-3-5-14(6-4-13)17-12-2-9-16-10-7-15-8-11-16;3-1(4)2(5)6/h3-6,15H,2,7-12H2,1H3;(H,3,4)(H,5,6). The number of piperazine rings is 1. The summed E-state index contributed by atoms with van der Waals surface area (Å²) in [5, 5.41) is 18.2. The molecule has 1 aromatic carbocycles. The van der Waals surface area contributed by atoms with Crippen LogP contribution in [0.15, 0.2) is 29.2 Å². The first-order valence-corrected chi connectivity index (χ1v) is 8.56. The molecule has 0 saturated carbocycles. The predicted octanol–water partition coefficient (Wildman–Crippen LogP) is 1.54. The number of rotatable bonds is 5. The molecule has 2 rings (SSSR count). The Kier molecular flexibility index (Phi) is 9.35. The van der Waals surface area contributed by atoms with Gasteiger partial charge in [-0.1, -0.05) is 17.7 Å². The van der Waals surface area contributed by atoms with Crippen LogP contribution in [-0.4, -0.2) is 65.5 Å². The maximum absolute atomic E-state index is 9.10. The molecule has 7 heteroatoms. The van der Waals surface area contributed by atoms with Gasteiger partial charge in [0.15, 0.2) is 0 Å². The van der Waals surface area contributed by atoms with Gasteiger partial charge in [0.05, 0.1) is 0 Å². The van der Waals surface area contributed by atoms with Gasteiger partial charge in [-0.15, -0.1) is 11.8 Å². The largest absolute Gasteiger partial charge is 0.473 e. The third-order valence-electron chi connectivity index (χ3n) is 3.30. The van der Waals surface area contributed by atoms with Gasteiger partial charge in [-0.25, -0.2) is 9.59 Å². The fraction of sp³-hybridized carbons (Fsp3) is 0.500.